The summed E-state index contributed by atoms with van der Waals surface area (Å²) in [5.41, 5.74) is 13.1. The van der Waals surface area contributed by atoms with Gasteiger partial charge in [-0.3, -0.25) is 0 Å². The number of nitrogens with zero attached hydrogens (tertiary/aromatic N) is 3. The molecule has 0 saturated heterocycles. The van der Waals surface area contributed by atoms with Crippen molar-refractivity contribution in [2.75, 3.05) is 4.90 Å². The van der Waals surface area contributed by atoms with Crippen LogP contribution in [0.15, 0.2) is 188 Å². The number of aromatic nitrogens is 2. The Labute approximate surface area is 294 Å². The minimum absolute atomic E-state index is 1.11. The van der Waals surface area contributed by atoms with Crippen LogP contribution in [-0.4, -0.2) is 8.97 Å². The monoisotopic (exact) mass is 649 g/mol. The van der Waals surface area contributed by atoms with Crippen LogP contribution in [-0.2, 0) is 0 Å². The van der Waals surface area contributed by atoms with Crippen LogP contribution in [0.5, 0.6) is 0 Å². The topological polar surface area (TPSA) is 12.6 Å². The second-order valence-corrected chi connectivity index (χ2v) is 13.3. The second kappa shape index (κ2) is 10.8. The van der Waals surface area contributed by atoms with Gasteiger partial charge in [-0.1, -0.05) is 115 Å². The third-order valence-electron chi connectivity index (χ3n) is 10.6. The Balaban J connectivity index is 1.28. The average Bonchev–Trinajstić information content (AvgIpc) is 3.68. The van der Waals surface area contributed by atoms with Crippen LogP contribution in [0, 0.1) is 0 Å². The molecule has 0 radical (unpaired) electrons. The number of hydrogen-bond donors (Lipinski definition) is 0. The van der Waals surface area contributed by atoms with Crippen LogP contribution in [0.25, 0.3) is 76.7 Å². The third kappa shape index (κ3) is 4.00. The van der Waals surface area contributed by atoms with Crippen LogP contribution >= 0.6 is 0 Å². The van der Waals surface area contributed by atoms with Crippen molar-refractivity contribution in [3.05, 3.63) is 188 Å². The van der Waals surface area contributed by atoms with Crippen LogP contribution in [0.1, 0.15) is 0 Å². The Kier molecular flexibility index (Phi) is 5.96. The lowest BCUT2D eigenvalue weighted by atomic mass is 9.97. The van der Waals surface area contributed by atoms with Crippen LogP contribution in [0.2, 0.25) is 0 Å². The molecular formula is C48H31N3. The van der Waals surface area contributed by atoms with Gasteiger partial charge in [0.1, 0.15) is 0 Å². The highest BCUT2D eigenvalue weighted by atomic mass is 15.1. The molecule has 0 amide bonds. The van der Waals surface area contributed by atoms with Gasteiger partial charge in [0, 0.05) is 55.2 Å². The number of benzene rings is 8. The number of hydrogen-bond acceptors (Lipinski definition) is 1. The van der Waals surface area contributed by atoms with Crippen LogP contribution in [0.3, 0.4) is 0 Å². The van der Waals surface area contributed by atoms with Gasteiger partial charge in [0.05, 0.1) is 27.6 Å². The summed E-state index contributed by atoms with van der Waals surface area (Å²) in [6.45, 7) is 0. The molecule has 11 aromatic rings. The van der Waals surface area contributed by atoms with Crippen molar-refractivity contribution >= 4 is 77.0 Å². The molecule has 0 bridgehead atoms. The van der Waals surface area contributed by atoms with Crippen molar-refractivity contribution in [2.24, 2.45) is 0 Å². The maximum Gasteiger partial charge on any atom is 0.0642 e. The van der Waals surface area contributed by atoms with Crippen molar-refractivity contribution in [1.82, 2.24) is 8.97 Å². The van der Waals surface area contributed by atoms with Crippen molar-refractivity contribution < 1.29 is 0 Å². The quantitative estimate of drug-likeness (QED) is 0.181. The van der Waals surface area contributed by atoms with E-state index < -0.39 is 0 Å². The molecule has 0 N–H and O–H groups in total. The van der Waals surface area contributed by atoms with Gasteiger partial charge in [-0.15, -0.1) is 0 Å². The van der Waals surface area contributed by atoms with Crippen LogP contribution in [0.4, 0.5) is 17.1 Å². The number of fused-ring (bicyclic) bond motifs is 6. The minimum Gasteiger partial charge on any atom is -0.311 e. The third-order valence-corrected chi connectivity index (χ3v) is 10.6. The van der Waals surface area contributed by atoms with Gasteiger partial charge in [-0.05, 0) is 83.7 Å². The predicted molar refractivity (Wildman–Crippen MR) is 216 cm³/mol. The molecule has 0 saturated carbocycles. The molecule has 0 spiro atoms. The first-order valence-corrected chi connectivity index (χ1v) is 17.5. The summed E-state index contributed by atoms with van der Waals surface area (Å²) >= 11 is 0. The molecule has 51 heavy (non-hydrogen) atoms. The van der Waals surface area contributed by atoms with E-state index in [9.17, 15) is 0 Å². The van der Waals surface area contributed by atoms with Gasteiger partial charge < -0.3 is 13.9 Å². The Hall–Kier alpha value is -6.84. The Morgan fingerprint density at radius 2 is 0.863 bits per heavy atom. The highest BCUT2D eigenvalue weighted by molar-refractivity contribution is 6.35. The Morgan fingerprint density at radius 3 is 1.51 bits per heavy atom. The second-order valence-electron chi connectivity index (χ2n) is 13.3. The summed E-state index contributed by atoms with van der Waals surface area (Å²) in [6, 6.07) is 68.3. The van der Waals surface area contributed by atoms with Gasteiger partial charge in [0.2, 0.25) is 0 Å². The molecule has 3 aromatic heterocycles. The van der Waals surface area contributed by atoms with E-state index in [1.165, 1.54) is 71.0 Å². The first-order chi connectivity index (χ1) is 25.3. The van der Waals surface area contributed by atoms with E-state index >= 15 is 0 Å². The largest absolute Gasteiger partial charge is 0.311 e. The SMILES string of the molecule is c1ccc(-c2cc3c4ccccc4n4c5ccccc5c5cccc6c5c(c2n6-c2ccc(N(c5ccccc5)c5ccccc5)cc2)c34)cc1. The van der Waals surface area contributed by atoms with E-state index in [0.29, 0.717) is 0 Å². The van der Waals surface area contributed by atoms with E-state index in [0.717, 1.165) is 22.7 Å². The zero-order valence-electron chi connectivity index (χ0n) is 27.7. The lowest BCUT2D eigenvalue weighted by molar-refractivity contribution is 1.17. The summed E-state index contributed by atoms with van der Waals surface area (Å²) < 4.78 is 5.02. The molecule has 238 valence electrons. The number of anilines is 3. The van der Waals surface area contributed by atoms with Gasteiger partial charge in [0.25, 0.3) is 0 Å². The Morgan fingerprint density at radius 1 is 0.353 bits per heavy atom. The van der Waals surface area contributed by atoms with Crippen molar-refractivity contribution in [2.45, 2.75) is 0 Å². The average molecular weight is 650 g/mol. The van der Waals surface area contributed by atoms with E-state index in [1.807, 2.05) is 0 Å². The van der Waals surface area contributed by atoms with Crippen molar-refractivity contribution in [1.29, 1.82) is 0 Å². The lowest BCUT2D eigenvalue weighted by Crippen LogP contribution is -2.09. The standard InChI is InChI=1S/C48H31N3/c1-4-15-32(16-5-1)40-31-41-38-22-11-13-25-43(38)51-42-24-12-10-21-37(42)39-23-14-26-44-45(39)46(48(41)51)47(40)50(44)36-29-27-35(28-30-36)49(33-17-6-2-7-18-33)34-19-8-3-9-20-34/h1-31H. The van der Waals surface area contributed by atoms with Crippen molar-refractivity contribution in [3.63, 3.8) is 0 Å². The number of para-hydroxylation sites is 4. The molecule has 0 fully saturated rings. The highest BCUT2D eigenvalue weighted by Crippen LogP contribution is 2.48. The van der Waals surface area contributed by atoms with Gasteiger partial charge >= 0.3 is 0 Å². The van der Waals surface area contributed by atoms with Gasteiger partial charge in [-0.25, -0.2) is 0 Å². The molecule has 11 rings (SSSR count). The normalized spacial score (nSPS) is 11.9. The molecule has 8 aromatic carbocycles. The van der Waals surface area contributed by atoms with E-state index in [4.69, 9.17) is 0 Å². The maximum absolute atomic E-state index is 2.52. The molecule has 3 nitrogen and oxygen atoms in total. The van der Waals surface area contributed by atoms with Gasteiger partial charge in [-0.2, -0.15) is 0 Å². The van der Waals surface area contributed by atoms with Gasteiger partial charge in [0.15, 0.2) is 0 Å². The highest BCUT2D eigenvalue weighted by Gasteiger charge is 2.26. The molecular weight excluding hydrogens is 619 g/mol. The van der Waals surface area contributed by atoms with E-state index in [1.54, 1.807) is 0 Å². The first kappa shape index (κ1) is 28.0. The summed E-state index contributed by atoms with van der Waals surface area (Å²) in [6.07, 6.45) is 0. The maximum atomic E-state index is 2.52. The minimum atomic E-state index is 1.11. The summed E-state index contributed by atoms with van der Waals surface area (Å²) in [5.74, 6) is 0. The molecule has 3 heteroatoms. The molecule has 0 atom stereocenters. The fourth-order valence-electron chi connectivity index (χ4n) is 8.52. The first-order valence-electron chi connectivity index (χ1n) is 17.5. The lowest BCUT2D eigenvalue weighted by Gasteiger charge is -2.25. The van der Waals surface area contributed by atoms with E-state index in [2.05, 4.69) is 202 Å². The van der Waals surface area contributed by atoms with Crippen molar-refractivity contribution in [3.8, 4) is 16.8 Å². The zero-order chi connectivity index (χ0) is 33.5. The smallest absolute Gasteiger partial charge is 0.0642 e. The summed E-state index contributed by atoms with van der Waals surface area (Å²) in [7, 11) is 0. The summed E-state index contributed by atoms with van der Waals surface area (Å²) in [4.78, 5) is 2.32. The fourth-order valence-corrected chi connectivity index (χ4v) is 8.52. The molecule has 3 heterocycles. The number of rotatable bonds is 5. The molecule has 0 unspecified atom stereocenters. The Bertz CT molecular complexity index is 3010. The molecule has 0 aliphatic rings. The fraction of sp³-hybridized carbons (Fsp3) is 0. The van der Waals surface area contributed by atoms with E-state index in [-0.39, 0.29) is 0 Å². The molecule has 0 aliphatic heterocycles. The summed E-state index contributed by atoms with van der Waals surface area (Å²) in [5, 5.41) is 7.65. The molecule has 0 aliphatic carbocycles. The van der Waals surface area contributed by atoms with Crippen LogP contribution < -0.4 is 4.90 Å². The zero-order valence-corrected chi connectivity index (χ0v) is 27.7. The predicted octanol–water partition coefficient (Wildman–Crippen LogP) is 13.1.